The van der Waals surface area contributed by atoms with Gasteiger partial charge in [0.1, 0.15) is 6.26 Å². The molecule has 3 rings (SSSR count). The molecule has 1 aromatic carbocycles. The summed E-state index contributed by atoms with van der Waals surface area (Å²) in [4.78, 5) is 16.6. The van der Waals surface area contributed by atoms with Crippen molar-refractivity contribution in [1.29, 1.82) is 0 Å². The number of fused-ring (bicyclic) bond motifs is 1. The first kappa shape index (κ1) is 9.89. The zero-order valence-electron chi connectivity index (χ0n) is 8.96. The number of rotatable bonds is 2. The van der Waals surface area contributed by atoms with Crippen LogP contribution in [0.4, 0.5) is 6.01 Å². The van der Waals surface area contributed by atoms with Crippen molar-refractivity contribution in [3.8, 4) is 0 Å². The van der Waals surface area contributed by atoms with Crippen LogP contribution in [0.3, 0.4) is 0 Å². The van der Waals surface area contributed by atoms with Crippen molar-refractivity contribution in [3.63, 3.8) is 0 Å². The minimum absolute atomic E-state index is 0.0593. The number of aromatic carboxylic acids is 1. The maximum absolute atomic E-state index is 10.7. The normalized spacial score (nSPS) is 13.8. The second-order valence-electron chi connectivity index (χ2n) is 3.95. The second kappa shape index (κ2) is 3.62. The predicted molar refractivity (Wildman–Crippen MR) is 59.8 cm³/mol. The lowest BCUT2D eigenvalue weighted by molar-refractivity contribution is 0.0690. The van der Waals surface area contributed by atoms with E-state index in [2.05, 4.69) is 17.1 Å². The third kappa shape index (κ3) is 1.65. The van der Waals surface area contributed by atoms with E-state index < -0.39 is 5.97 Å². The van der Waals surface area contributed by atoms with E-state index in [1.807, 2.05) is 17.0 Å². The molecule has 0 saturated heterocycles. The smallest absolute Gasteiger partial charge is 0.357 e. The van der Waals surface area contributed by atoms with E-state index >= 15 is 0 Å². The minimum Gasteiger partial charge on any atom is -0.476 e. The number of hydrogen-bond donors (Lipinski definition) is 1. The standard InChI is InChI=1S/C12H10N2O3/c15-11(16)10-7-17-12(13-10)14-5-8-3-1-2-4-9(8)6-14/h1-4,7H,5-6H2,(H,15,16). The quantitative estimate of drug-likeness (QED) is 0.853. The van der Waals surface area contributed by atoms with E-state index in [0.717, 1.165) is 0 Å². The topological polar surface area (TPSA) is 66.6 Å². The summed E-state index contributed by atoms with van der Waals surface area (Å²) in [5.41, 5.74) is 2.39. The maximum Gasteiger partial charge on any atom is 0.357 e. The van der Waals surface area contributed by atoms with Crippen molar-refractivity contribution < 1.29 is 14.3 Å². The van der Waals surface area contributed by atoms with E-state index in [-0.39, 0.29) is 5.69 Å². The van der Waals surface area contributed by atoms with Crippen molar-refractivity contribution in [2.45, 2.75) is 13.1 Å². The Balaban J connectivity index is 1.86. The van der Waals surface area contributed by atoms with E-state index in [1.54, 1.807) is 0 Å². The first-order valence-electron chi connectivity index (χ1n) is 5.24. The van der Waals surface area contributed by atoms with Gasteiger partial charge in [-0.2, -0.15) is 4.98 Å². The van der Waals surface area contributed by atoms with Crippen LogP contribution in [0.25, 0.3) is 0 Å². The molecule has 0 fully saturated rings. The second-order valence-corrected chi connectivity index (χ2v) is 3.95. The lowest BCUT2D eigenvalue weighted by Crippen LogP contribution is -2.15. The summed E-state index contributed by atoms with van der Waals surface area (Å²) in [5, 5.41) is 8.77. The fraction of sp³-hybridized carbons (Fsp3) is 0.167. The molecule has 0 atom stereocenters. The molecule has 0 aliphatic carbocycles. The van der Waals surface area contributed by atoms with Gasteiger partial charge in [0.2, 0.25) is 0 Å². The summed E-state index contributed by atoms with van der Waals surface area (Å²) in [5.74, 6) is -1.07. The maximum atomic E-state index is 10.7. The number of anilines is 1. The van der Waals surface area contributed by atoms with Crippen molar-refractivity contribution >= 4 is 12.0 Å². The number of nitrogens with zero attached hydrogens (tertiary/aromatic N) is 2. The molecule has 1 aromatic heterocycles. The average Bonchev–Trinajstić information content (AvgIpc) is 2.95. The highest BCUT2D eigenvalue weighted by molar-refractivity contribution is 5.85. The zero-order chi connectivity index (χ0) is 11.8. The number of hydrogen-bond acceptors (Lipinski definition) is 4. The SMILES string of the molecule is O=C(O)c1coc(N2Cc3ccccc3C2)n1. The Hall–Kier alpha value is -2.30. The molecule has 2 aromatic rings. The number of carboxylic acids is 1. The third-order valence-electron chi connectivity index (χ3n) is 2.82. The van der Waals surface area contributed by atoms with Gasteiger partial charge in [-0.1, -0.05) is 24.3 Å². The van der Waals surface area contributed by atoms with Crippen LogP contribution in [0.15, 0.2) is 34.9 Å². The molecule has 0 radical (unpaired) electrons. The molecular weight excluding hydrogens is 220 g/mol. The summed E-state index contributed by atoms with van der Waals surface area (Å²) >= 11 is 0. The van der Waals surface area contributed by atoms with Gasteiger partial charge in [-0.15, -0.1) is 0 Å². The van der Waals surface area contributed by atoms with Crippen LogP contribution in [0, 0.1) is 0 Å². The van der Waals surface area contributed by atoms with Crippen LogP contribution < -0.4 is 4.90 Å². The fourth-order valence-corrected chi connectivity index (χ4v) is 1.98. The largest absolute Gasteiger partial charge is 0.476 e. The molecule has 5 heteroatoms. The molecule has 0 bridgehead atoms. The van der Waals surface area contributed by atoms with Gasteiger partial charge in [-0.05, 0) is 11.1 Å². The van der Waals surface area contributed by atoms with Crippen LogP contribution in [-0.4, -0.2) is 16.1 Å². The molecule has 86 valence electrons. The number of oxazole rings is 1. The van der Waals surface area contributed by atoms with Crippen molar-refractivity contribution in [3.05, 3.63) is 47.3 Å². The molecule has 0 spiro atoms. The Morgan fingerprint density at radius 1 is 1.29 bits per heavy atom. The summed E-state index contributed by atoms with van der Waals surface area (Å²) < 4.78 is 5.18. The Labute approximate surface area is 97.3 Å². The molecule has 2 heterocycles. The molecule has 1 N–H and O–H groups in total. The van der Waals surface area contributed by atoms with Crippen LogP contribution in [0.2, 0.25) is 0 Å². The molecule has 0 unspecified atom stereocenters. The Bertz CT molecular complexity index is 552. The van der Waals surface area contributed by atoms with Gasteiger partial charge >= 0.3 is 5.97 Å². The van der Waals surface area contributed by atoms with Crippen LogP contribution in [0.1, 0.15) is 21.6 Å². The van der Waals surface area contributed by atoms with Gasteiger partial charge in [0.25, 0.3) is 6.01 Å². The lowest BCUT2D eigenvalue weighted by Gasteiger charge is -2.10. The van der Waals surface area contributed by atoms with E-state index in [0.29, 0.717) is 19.1 Å². The van der Waals surface area contributed by atoms with Gasteiger partial charge < -0.3 is 14.4 Å². The van der Waals surface area contributed by atoms with Crippen molar-refractivity contribution in [2.24, 2.45) is 0 Å². The lowest BCUT2D eigenvalue weighted by atomic mass is 10.1. The molecule has 1 aliphatic heterocycles. The molecule has 1 aliphatic rings. The summed E-state index contributed by atoms with van der Waals surface area (Å²) in [6.45, 7) is 1.41. The third-order valence-corrected chi connectivity index (χ3v) is 2.82. The summed E-state index contributed by atoms with van der Waals surface area (Å²) in [6, 6.07) is 8.44. The number of carbonyl (C=O) groups is 1. The highest BCUT2D eigenvalue weighted by Crippen LogP contribution is 2.27. The van der Waals surface area contributed by atoms with E-state index in [1.165, 1.54) is 17.4 Å². The van der Waals surface area contributed by atoms with E-state index in [9.17, 15) is 4.79 Å². The highest BCUT2D eigenvalue weighted by Gasteiger charge is 2.23. The van der Waals surface area contributed by atoms with Crippen LogP contribution >= 0.6 is 0 Å². The predicted octanol–water partition coefficient (Wildman–Crippen LogP) is 1.89. The first-order chi connectivity index (χ1) is 8.24. The average molecular weight is 230 g/mol. The molecule has 0 amide bonds. The minimum atomic E-state index is -1.07. The summed E-state index contributed by atoms with van der Waals surface area (Å²) in [6.07, 6.45) is 1.17. The Morgan fingerprint density at radius 3 is 2.47 bits per heavy atom. The fourth-order valence-electron chi connectivity index (χ4n) is 1.98. The number of carboxylic acid groups (broad SMARTS) is 1. The van der Waals surface area contributed by atoms with Gasteiger partial charge in [0, 0.05) is 13.1 Å². The Morgan fingerprint density at radius 2 is 1.94 bits per heavy atom. The molecular formula is C12H10N2O3. The first-order valence-corrected chi connectivity index (χ1v) is 5.24. The highest BCUT2D eigenvalue weighted by atomic mass is 16.4. The van der Waals surface area contributed by atoms with Gasteiger partial charge in [0.15, 0.2) is 5.69 Å². The number of aromatic nitrogens is 1. The van der Waals surface area contributed by atoms with Gasteiger partial charge in [-0.3, -0.25) is 0 Å². The molecule has 17 heavy (non-hydrogen) atoms. The van der Waals surface area contributed by atoms with Gasteiger partial charge in [0.05, 0.1) is 0 Å². The van der Waals surface area contributed by atoms with Crippen LogP contribution in [-0.2, 0) is 13.1 Å². The zero-order valence-corrected chi connectivity index (χ0v) is 8.96. The summed E-state index contributed by atoms with van der Waals surface area (Å²) in [7, 11) is 0. The van der Waals surface area contributed by atoms with E-state index in [4.69, 9.17) is 9.52 Å². The van der Waals surface area contributed by atoms with Gasteiger partial charge in [-0.25, -0.2) is 4.79 Å². The molecule has 0 saturated carbocycles. The Kier molecular flexibility index (Phi) is 2.11. The molecule has 5 nitrogen and oxygen atoms in total. The number of benzene rings is 1. The van der Waals surface area contributed by atoms with Crippen molar-refractivity contribution in [1.82, 2.24) is 4.98 Å². The van der Waals surface area contributed by atoms with Crippen LogP contribution in [0.5, 0.6) is 0 Å². The van der Waals surface area contributed by atoms with Crippen molar-refractivity contribution in [2.75, 3.05) is 4.90 Å². The monoisotopic (exact) mass is 230 g/mol.